The lowest BCUT2D eigenvalue weighted by molar-refractivity contribution is 0.0693. The molecule has 19 heavy (non-hydrogen) atoms. The number of amides is 1. The van der Waals surface area contributed by atoms with Crippen molar-refractivity contribution >= 4 is 11.6 Å². The van der Waals surface area contributed by atoms with Crippen molar-refractivity contribution in [2.45, 2.75) is 33.2 Å². The van der Waals surface area contributed by atoms with Gasteiger partial charge in [-0.25, -0.2) is 0 Å². The summed E-state index contributed by atoms with van der Waals surface area (Å²) in [7, 11) is 0. The van der Waals surface area contributed by atoms with Crippen LogP contribution in [0, 0.1) is 6.92 Å². The standard InChI is InChI=1S/C13H22N4O2/c1-9(2)17(5-4-6-18)13(19)11-8-15-10(3)7-12(11)16-14/h7-9,18H,4-6,14H2,1-3H3,(H,15,16). The van der Waals surface area contributed by atoms with Crippen LogP contribution in [0.1, 0.15) is 36.3 Å². The van der Waals surface area contributed by atoms with E-state index in [9.17, 15) is 4.79 Å². The molecule has 1 rings (SSSR count). The van der Waals surface area contributed by atoms with Gasteiger partial charge in [-0.05, 0) is 33.3 Å². The summed E-state index contributed by atoms with van der Waals surface area (Å²) in [5, 5.41) is 8.90. The molecule has 0 spiro atoms. The third-order valence-corrected chi connectivity index (χ3v) is 2.87. The van der Waals surface area contributed by atoms with Crippen LogP contribution in [0.15, 0.2) is 12.3 Å². The van der Waals surface area contributed by atoms with Crippen LogP contribution in [0.3, 0.4) is 0 Å². The molecule has 1 aromatic rings. The summed E-state index contributed by atoms with van der Waals surface area (Å²) in [4.78, 5) is 18.3. The van der Waals surface area contributed by atoms with Gasteiger partial charge in [-0.3, -0.25) is 15.6 Å². The smallest absolute Gasteiger partial charge is 0.257 e. The normalized spacial score (nSPS) is 10.6. The van der Waals surface area contributed by atoms with E-state index in [2.05, 4.69) is 10.4 Å². The molecule has 0 bridgehead atoms. The third-order valence-electron chi connectivity index (χ3n) is 2.87. The number of nitrogen functional groups attached to an aromatic ring is 1. The van der Waals surface area contributed by atoms with Gasteiger partial charge in [-0.1, -0.05) is 0 Å². The van der Waals surface area contributed by atoms with Gasteiger partial charge < -0.3 is 15.4 Å². The molecule has 4 N–H and O–H groups in total. The second kappa shape index (κ2) is 7.06. The lowest BCUT2D eigenvalue weighted by Crippen LogP contribution is -2.38. The van der Waals surface area contributed by atoms with Crippen molar-refractivity contribution in [2.75, 3.05) is 18.6 Å². The van der Waals surface area contributed by atoms with Crippen molar-refractivity contribution < 1.29 is 9.90 Å². The van der Waals surface area contributed by atoms with Gasteiger partial charge >= 0.3 is 0 Å². The van der Waals surface area contributed by atoms with Crippen LogP contribution in [-0.2, 0) is 0 Å². The lowest BCUT2D eigenvalue weighted by atomic mass is 10.1. The highest BCUT2D eigenvalue weighted by Crippen LogP contribution is 2.18. The second-order valence-electron chi connectivity index (χ2n) is 4.69. The molecule has 0 saturated carbocycles. The Bertz CT molecular complexity index is 435. The molecule has 106 valence electrons. The first-order valence-electron chi connectivity index (χ1n) is 6.36. The van der Waals surface area contributed by atoms with E-state index in [4.69, 9.17) is 10.9 Å². The molecule has 0 aliphatic carbocycles. The second-order valence-corrected chi connectivity index (χ2v) is 4.69. The maximum Gasteiger partial charge on any atom is 0.257 e. The largest absolute Gasteiger partial charge is 0.396 e. The number of pyridine rings is 1. The molecule has 0 saturated heterocycles. The van der Waals surface area contributed by atoms with Gasteiger partial charge in [0.2, 0.25) is 0 Å². The van der Waals surface area contributed by atoms with E-state index < -0.39 is 0 Å². The molecule has 0 radical (unpaired) electrons. The van der Waals surface area contributed by atoms with Crippen LogP contribution >= 0.6 is 0 Å². The van der Waals surface area contributed by atoms with E-state index in [0.29, 0.717) is 24.2 Å². The average molecular weight is 266 g/mol. The summed E-state index contributed by atoms with van der Waals surface area (Å²) >= 11 is 0. The van der Waals surface area contributed by atoms with Crippen LogP contribution in [0.2, 0.25) is 0 Å². The van der Waals surface area contributed by atoms with E-state index >= 15 is 0 Å². The molecule has 0 fully saturated rings. The quantitative estimate of drug-likeness (QED) is 0.526. The van der Waals surface area contributed by atoms with Crippen molar-refractivity contribution in [2.24, 2.45) is 5.84 Å². The highest BCUT2D eigenvalue weighted by Gasteiger charge is 2.21. The van der Waals surface area contributed by atoms with Crippen LogP contribution in [0.5, 0.6) is 0 Å². The Morgan fingerprint density at radius 3 is 2.79 bits per heavy atom. The Labute approximate surface area is 113 Å². The molecule has 0 aliphatic rings. The van der Waals surface area contributed by atoms with E-state index in [1.54, 1.807) is 11.0 Å². The lowest BCUT2D eigenvalue weighted by Gasteiger charge is -2.27. The first-order chi connectivity index (χ1) is 9.01. The number of aliphatic hydroxyl groups excluding tert-OH is 1. The number of hydrogen-bond donors (Lipinski definition) is 3. The van der Waals surface area contributed by atoms with Crippen LogP contribution in [0.4, 0.5) is 5.69 Å². The zero-order valence-electron chi connectivity index (χ0n) is 11.7. The molecule has 6 nitrogen and oxygen atoms in total. The van der Waals surface area contributed by atoms with Crippen molar-refractivity contribution in [1.29, 1.82) is 0 Å². The number of nitrogens with zero attached hydrogens (tertiary/aromatic N) is 2. The molecule has 0 aliphatic heterocycles. The number of carbonyl (C=O) groups is 1. The summed E-state index contributed by atoms with van der Waals surface area (Å²) in [6, 6.07) is 1.78. The predicted molar refractivity (Wildman–Crippen MR) is 74.7 cm³/mol. The minimum absolute atomic E-state index is 0.0472. The van der Waals surface area contributed by atoms with E-state index in [0.717, 1.165) is 5.69 Å². The summed E-state index contributed by atoms with van der Waals surface area (Å²) in [6.45, 7) is 6.27. The number of nitrogens with one attached hydrogen (secondary N) is 1. The predicted octanol–water partition coefficient (Wildman–Crippen LogP) is 0.909. The number of carbonyl (C=O) groups excluding carboxylic acids is 1. The highest BCUT2D eigenvalue weighted by molar-refractivity contribution is 5.99. The SMILES string of the molecule is Cc1cc(NN)c(C(=O)N(CCCO)C(C)C)cn1. The number of aliphatic hydroxyl groups is 1. The number of rotatable bonds is 6. The molecule has 0 aromatic carbocycles. The van der Waals surface area contributed by atoms with Crippen LogP contribution in [-0.4, -0.2) is 40.1 Å². The van der Waals surface area contributed by atoms with E-state index in [1.807, 2.05) is 20.8 Å². The van der Waals surface area contributed by atoms with Gasteiger partial charge in [-0.15, -0.1) is 0 Å². The molecule has 6 heteroatoms. The van der Waals surface area contributed by atoms with E-state index in [1.165, 1.54) is 6.20 Å². The number of nitrogens with two attached hydrogens (primary N) is 1. The van der Waals surface area contributed by atoms with Crippen LogP contribution in [0.25, 0.3) is 0 Å². The Morgan fingerprint density at radius 1 is 1.58 bits per heavy atom. The summed E-state index contributed by atoms with van der Waals surface area (Å²) in [5.74, 6) is 5.31. The Kier molecular flexibility index (Phi) is 5.72. The maximum absolute atomic E-state index is 12.5. The molecular formula is C13H22N4O2. The monoisotopic (exact) mass is 266 g/mol. The fourth-order valence-corrected chi connectivity index (χ4v) is 1.84. The first-order valence-corrected chi connectivity index (χ1v) is 6.36. The fourth-order valence-electron chi connectivity index (χ4n) is 1.84. The van der Waals surface area contributed by atoms with Gasteiger partial charge in [0.1, 0.15) is 0 Å². The fraction of sp³-hybridized carbons (Fsp3) is 0.538. The topological polar surface area (TPSA) is 91.5 Å². The minimum Gasteiger partial charge on any atom is -0.396 e. The minimum atomic E-state index is -0.135. The molecule has 0 atom stereocenters. The highest BCUT2D eigenvalue weighted by atomic mass is 16.3. The van der Waals surface area contributed by atoms with Crippen LogP contribution < -0.4 is 11.3 Å². The molecule has 0 unspecified atom stereocenters. The first kappa shape index (κ1) is 15.4. The van der Waals surface area contributed by atoms with Gasteiger partial charge in [0.25, 0.3) is 5.91 Å². The Hall–Kier alpha value is -1.66. The van der Waals surface area contributed by atoms with Crippen molar-refractivity contribution in [1.82, 2.24) is 9.88 Å². The van der Waals surface area contributed by atoms with Crippen molar-refractivity contribution in [3.8, 4) is 0 Å². The molecule has 1 aromatic heterocycles. The molecule has 1 amide bonds. The zero-order valence-corrected chi connectivity index (χ0v) is 11.7. The van der Waals surface area contributed by atoms with Crippen molar-refractivity contribution in [3.05, 3.63) is 23.5 Å². The number of hydrazine groups is 1. The number of aryl methyl sites for hydroxylation is 1. The van der Waals surface area contributed by atoms with Crippen molar-refractivity contribution in [3.63, 3.8) is 0 Å². The Morgan fingerprint density at radius 2 is 2.26 bits per heavy atom. The van der Waals surface area contributed by atoms with Gasteiger partial charge in [0, 0.05) is 31.1 Å². The number of hydrogen-bond acceptors (Lipinski definition) is 5. The van der Waals surface area contributed by atoms with Gasteiger partial charge in [0.15, 0.2) is 0 Å². The average Bonchev–Trinajstić information content (AvgIpc) is 2.38. The van der Waals surface area contributed by atoms with Gasteiger partial charge in [-0.2, -0.15) is 0 Å². The van der Waals surface area contributed by atoms with Gasteiger partial charge in [0.05, 0.1) is 11.3 Å². The number of anilines is 1. The summed E-state index contributed by atoms with van der Waals surface area (Å²) in [6.07, 6.45) is 2.08. The molecular weight excluding hydrogens is 244 g/mol. The Balaban J connectivity index is 3.02. The summed E-state index contributed by atoms with van der Waals surface area (Å²) < 4.78 is 0. The maximum atomic E-state index is 12.5. The summed E-state index contributed by atoms with van der Waals surface area (Å²) in [5.41, 5.74) is 4.32. The third kappa shape index (κ3) is 3.90. The zero-order chi connectivity index (χ0) is 14.4. The number of aromatic nitrogens is 1. The van der Waals surface area contributed by atoms with E-state index in [-0.39, 0.29) is 18.6 Å². The molecule has 1 heterocycles.